The quantitative estimate of drug-likeness (QED) is 0.736. The van der Waals surface area contributed by atoms with E-state index in [0.29, 0.717) is 16.9 Å². The van der Waals surface area contributed by atoms with Gasteiger partial charge in [-0.1, -0.05) is 36.4 Å². The van der Waals surface area contributed by atoms with Gasteiger partial charge < -0.3 is 0 Å². The third kappa shape index (κ3) is 3.09. The van der Waals surface area contributed by atoms with Crippen LogP contribution in [0.5, 0.6) is 0 Å². The average molecular weight is 299 g/mol. The molecule has 110 valence electrons. The first kappa shape index (κ1) is 14.5. The van der Waals surface area contributed by atoms with Gasteiger partial charge in [0, 0.05) is 11.8 Å². The second-order valence-corrected chi connectivity index (χ2v) is 4.86. The normalized spacial score (nSPS) is 9.87. The van der Waals surface area contributed by atoms with E-state index in [1.54, 1.807) is 24.3 Å². The second-order valence-electron chi connectivity index (χ2n) is 4.86. The molecule has 4 nitrogen and oxygen atoms in total. The Labute approximate surface area is 134 Å². The first-order valence-corrected chi connectivity index (χ1v) is 7.10. The summed E-state index contributed by atoms with van der Waals surface area (Å²) in [5.41, 5.74) is 1.75. The fourth-order valence-corrected chi connectivity index (χ4v) is 2.22. The Hall–Kier alpha value is -3.45. The van der Waals surface area contributed by atoms with Gasteiger partial charge in [0.15, 0.2) is 0 Å². The van der Waals surface area contributed by atoms with Crippen molar-refractivity contribution < 1.29 is 4.79 Å². The third-order valence-corrected chi connectivity index (χ3v) is 3.34. The number of nitrogens with zero attached hydrogens (tertiary/aromatic N) is 3. The first-order chi connectivity index (χ1) is 11.3. The highest BCUT2D eigenvalue weighted by Gasteiger charge is 2.20. The number of pyridine rings is 1. The van der Waals surface area contributed by atoms with Gasteiger partial charge in [-0.15, -0.1) is 0 Å². The molecule has 0 aliphatic heterocycles. The van der Waals surface area contributed by atoms with Gasteiger partial charge in [0.05, 0.1) is 11.3 Å². The Morgan fingerprint density at radius 1 is 0.913 bits per heavy atom. The molecule has 23 heavy (non-hydrogen) atoms. The van der Waals surface area contributed by atoms with Crippen molar-refractivity contribution in [2.45, 2.75) is 0 Å². The second kappa shape index (κ2) is 6.54. The van der Waals surface area contributed by atoms with Crippen LogP contribution >= 0.6 is 0 Å². The van der Waals surface area contributed by atoms with Gasteiger partial charge in [-0.25, -0.2) is 4.98 Å². The monoisotopic (exact) mass is 299 g/mol. The van der Waals surface area contributed by atoms with E-state index in [1.807, 2.05) is 54.6 Å². The zero-order chi connectivity index (χ0) is 16.1. The lowest BCUT2D eigenvalue weighted by Gasteiger charge is -2.22. The van der Waals surface area contributed by atoms with E-state index in [4.69, 9.17) is 5.26 Å². The van der Waals surface area contributed by atoms with E-state index in [2.05, 4.69) is 4.98 Å². The van der Waals surface area contributed by atoms with E-state index in [-0.39, 0.29) is 5.91 Å². The largest absolute Gasteiger partial charge is 0.268 e. The summed E-state index contributed by atoms with van der Waals surface area (Å²) < 4.78 is 0. The van der Waals surface area contributed by atoms with Gasteiger partial charge in [0.25, 0.3) is 5.91 Å². The molecular weight excluding hydrogens is 286 g/mol. The van der Waals surface area contributed by atoms with Crippen molar-refractivity contribution in [2.24, 2.45) is 0 Å². The number of carbonyl (C=O) groups excluding carboxylic acids is 1. The summed E-state index contributed by atoms with van der Waals surface area (Å²) in [4.78, 5) is 18.7. The topological polar surface area (TPSA) is 57.0 Å². The van der Waals surface area contributed by atoms with E-state index >= 15 is 0 Å². The first-order valence-electron chi connectivity index (χ1n) is 7.10. The number of anilines is 2. The molecule has 1 aromatic heterocycles. The fraction of sp³-hybridized carbons (Fsp3) is 0. The molecule has 0 aliphatic carbocycles. The molecular formula is C19H13N3O. The summed E-state index contributed by atoms with van der Waals surface area (Å²) in [6.07, 6.45) is 1.46. The molecule has 0 atom stereocenters. The summed E-state index contributed by atoms with van der Waals surface area (Å²) in [6, 6.07) is 23.7. The molecule has 0 fully saturated rings. The Kier molecular flexibility index (Phi) is 4.12. The third-order valence-electron chi connectivity index (χ3n) is 3.34. The summed E-state index contributed by atoms with van der Waals surface area (Å²) >= 11 is 0. The minimum absolute atomic E-state index is 0.172. The van der Waals surface area contributed by atoms with Gasteiger partial charge in [-0.05, 0) is 36.4 Å². The maximum Gasteiger partial charge on any atom is 0.264 e. The van der Waals surface area contributed by atoms with Crippen LogP contribution in [0.4, 0.5) is 11.5 Å². The Morgan fingerprint density at radius 2 is 1.57 bits per heavy atom. The van der Waals surface area contributed by atoms with Gasteiger partial charge in [-0.2, -0.15) is 5.26 Å². The summed E-state index contributed by atoms with van der Waals surface area (Å²) in [5.74, 6) is 0.304. The molecule has 0 saturated heterocycles. The number of hydrogen-bond donors (Lipinski definition) is 0. The number of rotatable bonds is 3. The number of para-hydroxylation sites is 1. The van der Waals surface area contributed by atoms with Crippen molar-refractivity contribution in [1.82, 2.24) is 4.98 Å². The molecule has 3 rings (SSSR count). The highest BCUT2D eigenvalue weighted by Crippen LogP contribution is 2.25. The van der Waals surface area contributed by atoms with E-state index in [0.717, 1.165) is 5.69 Å². The average Bonchev–Trinajstić information content (AvgIpc) is 2.64. The number of amides is 1. The molecule has 0 spiro atoms. The maximum atomic E-state index is 12.9. The van der Waals surface area contributed by atoms with Gasteiger partial charge >= 0.3 is 0 Å². The predicted octanol–water partition coefficient (Wildman–Crippen LogP) is 3.93. The molecule has 0 aliphatic rings. The minimum atomic E-state index is -0.172. The molecule has 1 heterocycles. The number of carbonyl (C=O) groups is 1. The lowest BCUT2D eigenvalue weighted by molar-refractivity contribution is 0.0998. The fourth-order valence-electron chi connectivity index (χ4n) is 2.22. The van der Waals surface area contributed by atoms with Crippen LogP contribution in [0.25, 0.3) is 0 Å². The molecule has 3 aromatic rings. The highest BCUT2D eigenvalue weighted by molar-refractivity contribution is 6.10. The number of aromatic nitrogens is 1. The van der Waals surface area contributed by atoms with Crippen molar-refractivity contribution in [3.05, 3.63) is 90.1 Å². The molecule has 0 N–H and O–H groups in total. The van der Waals surface area contributed by atoms with E-state index in [9.17, 15) is 4.79 Å². The zero-order valence-corrected chi connectivity index (χ0v) is 12.3. The van der Waals surface area contributed by atoms with Crippen LogP contribution in [0.15, 0.2) is 79.0 Å². The molecule has 0 saturated carbocycles. The summed E-state index contributed by atoms with van der Waals surface area (Å²) in [5, 5.41) is 8.90. The summed E-state index contributed by atoms with van der Waals surface area (Å²) in [7, 11) is 0. The van der Waals surface area contributed by atoms with Crippen LogP contribution in [0.2, 0.25) is 0 Å². The highest BCUT2D eigenvalue weighted by atomic mass is 16.2. The lowest BCUT2D eigenvalue weighted by Crippen LogP contribution is -2.26. The van der Waals surface area contributed by atoms with Gasteiger partial charge in [0.1, 0.15) is 11.9 Å². The number of benzene rings is 2. The van der Waals surface area contributed by atoms with Gasteiger partial charge in [0.2, 0.25) is 0 Å². The molecule has 1 amide bonds. The van der Waals surface area contributed by atoms with Crippen LogP contribution < -0.4 is 4.90 Å². The van der Waals surface area contributed by atoms with Crippen LogP contribution in [-0.2, 0) is 0 Å². The lowest BCUT2D eigenvalue weighted by atomic mass is 10.1. The van der Waals surface area contributed by atoms with Crippen molar-refractivity contribution in [1.29, 1.82) is 5.26 Å². The Balaban J connectivity index is 2.07. The molecule has 4 heteroatoms. The van der Waals surface area contributed by atoms with Crippen LogP contribution in [0.1, 0.15) is 15.9 Å². The minimum Gasteiger partial charge on any atom is -0.268 e. The standard InChI is InChI=1S/C19H13N3O/c20-13-15-11-12-18(21-14-15)22(17-9-5-2-6-10-17)19(23)16-7-3-1-4-8-16/h1-12,14H. The van der Waals surface area contributed by atoms with E-state index < -0.39 is 0 Å². The van der Waals surface area contributed by atoms with E-state index in [1.165, 1.54) is 11.1 Å². The molecule has 0 unspecified atom stereocenters. The van der Waals surface area contributed by atoms with Crippen LogP contribution in [0, 0.1) is 11.3 Å². The predicted molar refractivity (Wildman–Crippen MR) is 88.3 cm³/mol. The van der Waals surface area contributed by atoms with Crippen molar-refractivity contribution >= 4 is 17.4 Å². The van der Waals surface area contributed by atoms with Crippen molar-refractivity contribution in [3.8, 4) is 6.07 Å². The SMILES string of the molecule is N#Cc1ccc(N(C(=O)c2ccccc2)c2ccccc2)nc1. The van der Waals surface area contributed by atoms with Crippen LogP contribution in [0.3, 0.4) is 0 Å². The molecule has 0 bridgehead atoms. The van der Waals surface area contributed by atoms with Crippen molar-refractivity contribution in [2.75, 3.05) is 4.90 Å². The summed E-state index contributed by atoms with van der Waals surface area (Å²) in [6.45, 7) is 0. The Bertz CT molecular complexity index is 837. The van der Waals surface area contributed by atoms with Crippen molar-refractivity contribution in [3.63, 3.8) is 0 Å². The van der Waals surface area contributed by atoms with Crippen LogP contribution in [-0.4, -0.2) is 10.9 Å². The maximum absolute atomic E-state index is 12.9. The molecule has 0 radical (unpaired) electrons. The zero-order valence-electron chi connectivity index (χ0n) is 12.3. The number of nitriles is 1. The Morgan fingerprint density at radius 3 is 2.13 bits per heavy atom. The molecule has 2 aromatic carbocycles. The van der Waals surface area contributed by atoms with Gasteiger partial charge in [-0.3, -0.25) is 9.69 Å². The number of hydrogen-bond acceptors (Lipinski definition) is 3. The smallest absolute Gasteiger partial charge is 0.264 e.